The molecule has 41 heavy (non-hydrogen) atoms. The molecule has 0 radical (unpaired) electrons. The Bertz CT molecular complexity index is 1200. The molecule has 0 aliphatic heterocycles. The van der Waals surface area contributed by atoms with Gasteiger partial charge in [0, 0.05) is 0 Å². The normalized spacial score (nSPS) is 17.6. The first kappa shape index (κ1) is 32.0. The van der Waals surface area contributed by atoms with Crippen LogP contribution in [0.25, 0.3) is 0 Å². The van der Waals surface area contributed by atoms with Crippen molar-refractivity contribution in [2.75, 3.05) is 6.79 Å². The molecule has 0 unspecified atom stereocenters. The van der Waals surface area contributed by atoms with E-state index in [0.717, 1.165) is 68.2 Å². The summed E-state index contributed by atoms with van der Waals surface area (Å²) in [7, 11) is -4.33. The lowest BCUT2D eigenvalue weighted by molar-refractivity contribution is 0.00274. The van der Waals surface area contributed by atoms with Gasteiger partial charge in [-0.15, -0.1) is 0 Å². The van der Waals surface area contributed by atoms with Crippen LogP contribution >= 0.6 is 0 Å². The smallest absolute Gasteiger partial charge is 0.294 e. The van der Waals surface area contributed by atoms with Crippen LogP contribution in [0.4, 0.5) is 0 Å². The largest absolute Gasteiger partial charge is 0.467 e. The summed E-state index contributed by atoms with van der Waals surface area (Å²) >= 11 is 0. The molecule has 2 fully saturated rings. The zero-order valence-electron chi connectivity index (χ0n) is 26.2. The van der Waals surface area contributed by atoms with Crippen molar-refractivity contribution in [3.05, 3.63) is 57.6 Å². The van der Waals surface area contributed by atoms with E-state index >= 15 is 0 Å². The topological polar surface area (TPSA) is 72.8 Å². The number of rotatable bonds is 11. The predicted octanol–water partition coefficient (Wildman–Crippen LogP) is 9.95. The van der Waals surface area contributed by atoms with Gasteiger partial charge in [0.05, 0.1) is 11.5 Å². The van der Waals surface area contributed by atoms with Crippen LogP contribution in [0, 0.1) is 0 Å². The Labute approximate surface area is 249 Å². The Kier molecular flexibility index (Phi) is 11.0. The maximum absolute atomic E-state index is 12.4. The van der Waals surface area contributed by atoms with E-state index in [1.54, 1.807) is 12.1 Å². The second kappa shape index (κ2) is 14.1. The lowest BCUT2D eigenvalue weighted by atomic mass is 9.79. The summed E-state index contributed by atoms with van der Waals surface area (Å²) in [6, 6.07) is 8.03. The van der Waals surface area contributed by atoms with E-state index in [9.17, 15) is 13.0 Å². The average molecular weight is 585 g/mol. The van der Waals surface area contributed by atoms with Crippen LogP contribution in [0.15, 0.2) is 29.2 Å². The Morgan fingerprint density at radius 1 is 0.732 bits per heavy atom. The highest BCUT2D eigenvalue weighted by atomic mass is 32.2. The van der Waals surface area contributed by atoms with Crippen LogP contribution in [0.3, 0.4) is 0 Å². The second-order valence-electron chi connectivity index (χ2n) is 13.3. The molecule has 2 aromatic carbocycles. The second-order valence-corrected chi connectivity index (χ2v) is 14.7. The highest BCUT2D eigenvalue weighted by molar-refractivity contribution is 7.85. The zero-order chi connectivity index (χ0) is 29.7. The third kappa shape index (κ3) is 7.94. The molecule has 0 bridgehead atoms. The molecule has 5 nitrogen and oxygen atoms in total. The minimum absolute atomic E-state index is 0.000285. The first-order valence-electron chi connectivity index (χ1n) is 16.0. The summed E-state index contributed by atoms with van der Waals surface area (Å²) in [5, 5.41) is 0. The van der Waals surface area contributed by atoms with Gasteiger partial charge in [-0.05, 0) is 101 Å². The summed E-state index contributed by atoms with van der Waals surface area (Å²) in [5.74, 6) is 2.48. The first-order valence-corrected chi connectivity index (χ1v) is 17.4. The van der Waals surface area contributed by atoms with Crippen LogP contribution in [-0.4, -0.2) is 19.8 Å². The fourth-order valence-corrected chi connectivity index (χ4v) is 7.46. The molecule has 2 aromatic rings. The molecule has 1 N–H and O–H groups in total. The molecule has 0 spiro atoms. The van der Waals surface area contributed by atoms with Gasteiger partial charge in [0.25, 0.3) is 10.1 Å². The van der Waals surface area contributed by atoms with Crippen LogP contribution in [0.1, 0.15) is 169 Å². The Balaban J connectivity index is 1.66. The summed E-state index contributed by atoms with van der Waals surface area (Å²) in [5.41, 5.74) is 7.15. The molecule has 0 atom stereocenters. The Morgan fingerprint density at radius 2 is 1.20 bits per heavy atom. The van der Waals surface area contributed by atoms with Gasteiger partial charge in [-0.1, -0.05) is 92.2 Å². The van der Waals surface area contributed by atoms with Gasteiger partial charge in [-0.2, -0.15) is 8.42 Å². The highest BCUT2D eigenvalue weighted by Crippen LogP contribution is 2.46. The Morgan fingerprint density at radius 3 is 1.59 bits per heavy atom. The molecule has 2 aliphatic carbocycles. The molecule has 0 aromatic heterocycles. The fourth-order valence-electron chi connectivity index (χ4n) is 6.91. The van der Waals surface area contributed by atoms with Crippen LogP contribution < -0.4 is 4.74 Å². The van der Waals surface area contributed by atoms with Crippen molar-refractivity contribution >= 4 is 10.1 Å². The molecule has 0 heterocycles. The van der Waals surface area contributed by atoms with Crippen molar-refractivity contribution in [1.82, 2.24) is 0 Å². The van der Waals surface area contributed by atoms with E-state index in [0.29, 0.717) is 24.4 Å². The van der Waals surface area contributed by atoms with E-state index in [-0.39, 0.29) is 23.5 Å². The predicted molar refractivity (Wildman–Crippen MR) is 167 cm³/mol. The summed E-state index contributed by atoms with van der Waals surface area (Å²) in [4.78, 5) is 0.000285. The summed E-state index contributed by atoms with van der Waals surface area (Å²) < 4.78 is 47.6. The maximum atomic E-state index is 12.4. The average Bonchev–Trinajstić information content (AvgIpc) is 2.94. The van der Waals surface area contributed by atoms with Crippen molar-refractivity contribution in [2.45, 2.75) is 147 Å². The Hall–Kier alpha value is -1.89. The summed E-state index contributed by atoms with van der Waals surface area (Å²) in [6.07, 6.45) is 10.9. The van der Waals surface area contributed by atoms with E-state index in [2.05, 4.69) is 53.7 Å². The molecule has 0 amide bonds. The maximum Gasteiger partial charge on any atom is 0.294 e. The van der Waals surface area contributed by atoms with Crippen molar-refractivity contribution < 1.29 is 22.4 Å². The van der Waals surface area contributed by atoms with E-state index in [1.165, 1.54) is 35.1 Å². The molecule has 4 rings (SSSR count). The van der Waals surface area contributed by atoms with Crippen molar-refractivity contribution in [3.8, 4) is 5.75 Å². The van der Waals surface area contributed by atoms with Crippen LogP contribution in [-0.2, 0) is 21.5 Å². The third-order valence-electron chi connectivity index (χ3n) is 9.29. The lowest BCUT2D eigenvalue weighted by Gasteiger charge is -2.30. The minimum Gasteiger partial charge on any atom is -0.467 e. The van der Waals surface area contributed by atoms with Gasteiger partial charge in [0.2, 0.25) is 0 Å². The quantitative estimate of drug-likeness (QED) is 0.162. The van der Waals surface area contributed by atoms with Gasteiger partial charge in [0.15, 0.2) is 6.79 Å². The number of benzene rings is 2. The molecule has 6 heteroatoms. The number of hydrogen-bond donors (Lipinski definition) is 1. The van der Waals surface area contributed by atoms with Gasteiger partial charge >= 0.3 is 0 Å². The monoisotopic (exact) mass is 584 g/mol. The van der Waals surface area contributed by atoms with Gasteiger partial charge in [0.1, 0.15) is 5.75 Å². The highest BCUT2D eigenvalue weighted by Gasteiger charge is 2.29. The summed E-state index contributed by atoms with van der Waals surface area (Å²) in [6.45, 7) is 14.0. The van der Waals surface area contributed by atoms with Crippen molar-refractivity contribution in [3.63, 3.8) is 0 Å². The molecule has 2 aliphatic rings. The first-order chi connectivity index (χ1) is 19.5. The number of ether oxygens (including phenoxy) is 2. The standard InChI is InChI=1S/C35H52O5S/c1-23(2)28-17-30(24(3)4)34(31(18-28)25(5)6)21-39-22-40-35-32(26-13-9-7-10-14-26)19-29(41(36,37)38)20-33(35)27-15-11-8-12-16-27/h17-20,23-27H,7-16,21-22H2,1-6H3,(H,36,37,38). The van der Waals surface area contributed by atoms with E-state index in [4.69, 9.17) is 9.47 Å². The number of hydrogen-bond acceptors (Lipinski definition) is 4. The molecular formula is C35H52O5S. The molecule has 228 valence electrons. The molecular weight excluding hydrogens is 532 g/mol. The fraction of sp³-hybridized carbons (Fsp3) is 0.657. The van der Waals surface area contributed by atoms with E-state index in [1.807, 2.05) is 0 Å². The van der Waals surface area contributed by atoms with E-state index < -0.39 is 10.1 Å². The van der Waals surface area contributed by atoms with Crippen molar-refractivity contribution in [2.24, 2.45) is 0 Å². The van der Waals surface area contributed by atoms with Gasteiger partial charge < -0.3 is 9.47 Å². The third-order valence-corrected chi connectivity index (χ3v) is 10.1. The van der Waals surface area contributed by atoms with Gasteiger partial charge in [-0.3, -0.25) is 4.55 Å². The zero-order valence-corrected chi connectivity index (χ0v) is 27.0. The van der Waals surface area contributed by atoms with Crippen molar-refractivity contribution in [1.29, 1.82) is 0 Å². The van der Waals surface area contributed by atoms with Gasteiger partial charge in [-0.25, -0.2) is 0 Å². The van der Waals surface area contributed by atoms with Crippen LogP contribution in [0.5, 0.6) is 5.75 Å². The minimum atomic E-state index is -4.33. The molecule has 2 saturated carbocycles. The SMILES string of the molecule is CC(C)c1cc(C(C)C)c(COCOc2c(C3CCCCC3)cc(S(=O)(=O)O)cc2C2CCCCC2)c(C(C)C)c1. The molecule has 0 saturated heterocycles. The lowest BCUT2D eigenvalue weighted by Crippen LogP contribution is -2.16. The van der Waals surface area contributed by atoms with Crippen LogP contribution in [0.2, 0.25) is 0 Å².